The summed E-state index contributed by atoms with van der Waals surface area (Å²) in [6, 6.07) is 13.2. The molecule has 0 radical (unpaired) electrons. The van der Waals surface area contributed by atoms with E-state index < -0.39 is 6.10 Å². The summed E-state index contributed by atoms with van der Waals surface area (Å²) in [5, 5.41) is 3.46. The van der Waals surface area contributed by atoms with Crippen molar-refractivity contribution in [2.24, 2.45) is 0 Å². The van der Waals surface area contributed by atoms with Crippen LogP contribution in [0.1, 0.15) is 37.8 Å². The Morgan fingerprint density at radius 1 is 1.13 bits per heavy atom. The lowest BCUT2D eigenvalue weighted by Crippen LogP contribution is -2.30. The minimum absolute atomic E-state index is 0.200. The number of nitrogens with one attached hydrogen (secondary N) is 1. The lowest BCUT2D eigenvalue weighted by atomic mass is 10.0. The number of rotatable bonds is 5. The van der Waals surface area contributed by atoms with Gasteiger partial charge in [-0.05, 0) is 49.1 Å². The van der Waals surface area contributed by atoms with Gasteiger partial charge in [0.25, 0.3) is 5.91 Å². The SMILES string of the molecule is Cc1ccc(Cl)cc1NC(=O)[C@H](C)Oc1ccccc1C(C)C. The lowest BCUT2D eigenvalue weighted by Gasteiger charge is -2.19. The molecule has 0 aromatic heterocycles. The van der Waals surface area contributed by atoms with Crippen molar-refractivity contribution < 1.29 is 9.53 Å². The number of hydrogen-bond acceptors (Lipinski definition) is 2. The van der Waals surface area contributed by atoms with Crippen molar-refractivity contribution in [2.45, 2.75) is 39.7 Å². The van der Waals surface area contributed by atoms with Gasteiger partial charge in [0.1, 0.15) is 5.75 Å². The van der Waals surface area contributed by atoms with Crippen LogP contribution in [0.2, 0.25) is 5.02 Å². The maximum atomic E-state index is 12.4. The molecule has 1 amide bonds. The van der Waals surface area contributed by atoms with E-state index in [1.807, 2.05) is 37.3 Å². The van der Waals surface area contributed by atoms with Crippen molar-refractivity contribution in [1.82, 2.24) is 0 Å². The van der Waals surface area contributed by atoms with Gasteiger partial charge in [-0.25, -0.2) is 0 Å². The van der Waals surface area contributed by atoms with Crippen molar-refractivity contribution in [3.05, 3.63) is 58.6 Å². The standard InChI is InChI=1S/C19H22ClNO2/c1-12(2)16-7-5-6-8-18(16)23-14(4)19(22)21-17-11-15(20)10-9-13(17)3/h5-12,14H,1-4H3,(H,21,22)/t14-/m0/s1. The molecule has 0 fully saturated rings. The molecule has 4 heteroatoms. The number of carbonyl (C=O) groups is 1. The maximum Gasteiger partial charge on any atom is 0.265 e. The molecule has 0 heterocycles. The Balaban J connectivity index is 2.10. The summed E-state index contributed by atoms with van der Waals surface area (Å²) >= 11 is 5.98. The zero-order chi connectivity index (χ0) is 17.0. The quantitative estimate of drug-likeness (QED) is 0.820. The van der Waals surface area contributed by atoms with Crippen LogP contribution in [-0.4, -0.2) is 12.0 Å². The van der Waals surface area contributed by atoms with E-state index >= 15 is 0 Å². The van der Waals surface area contributed by atoms with Crippen LogP contribution in [0.5, 0.6) is 5.75 Å². The van der Waals surface area contributed by atoms with E-state index in [-0.39, 0.29) is 5.91 Å². The van der Waals surface area contributed by atoms with Gasteiger partial charge in [0.15, 0.2) is 6.10 Å². The molecule has 0 aliphatic heterocycles. The number of halogens is 1. The van der Waals surface area contributed by atoms with Gasteiger partial charge in [-0.1, -0.05) is 49.7 Å². The van der Waals surface area contributed by atoms with Crippen molar-refractivity contribution in [3.63, 3.8) is 0 Å². The van der Waals surface area contributed by atoms with Crippen molar-refractivity contribution in [3.8, 4) is 5.75 Å². The fourth-order valence-corrected chi connectivity index (χ4v) is 2.44. The highest BCUT2D eigenvalue weighted by Gasteiger charge is 2.18. The van der Waals surface area contributed by atoms with Gasteiger partial charge in [-0.15, -0.1) is 0 Å². The Morgan fingerprint density at radius 2 is 1.83 bits per heavy atom. The molecule has 2 rings (SSSR count). The molecule has 0 aliphatic carbocycles. The Hall–Kier alpha value is -2.00. The van der Waals surface area contributed by atoms with Gasteiger partial charge >= 0.3 is 0 Å². The van der Waals surface area contributed by atoms with Crippen LogP contribution in [-0.2, 0) is 4.79 Å². The summed E-state index contributed by atoms with van der Waals surface area (Å²) in [6.07, 6.45) is -0.603. The number of hydrogen-bond donors (Lipinski definition) is 1. The van der Waals surface area contributed by atoms with E-state index in [4.69, 9.17) is 16.3 Å². The number of benzene rings is 2. The molecule has 122 valence electrons. The predicted octanol–water partition coefficient (Wildman–Crippen LogP) is 5.18. The Kier molecular flexibility index (Phi) is 5.67. The normalized spacial score (nSPS) is 12.1. The Morgan fingerprint density at radius 3 is 2.52 bits per heavy atom. The van der Waals surface area contributed by atoms with Crippen LogP contribution in [0.25, 0.3) is 0 Å². The molecule has 0 unspecified atom stereocenters. The van der Waals surface area contributed by atoms with E-state index in [1.165, 1.54) is 0 Å². The third-order valence-corrected chi connectivity index (χ3v) is 3.91. The molecule has 2 aromatic rings. The van der Waals surface area contributed by atoms with E-state index in [0.717, 1.165) is 16.9 Å². The van der Waals surface area contributed by atoms with Crippen LogP contribution < -0.4 is 10.1 Å². The van der Waals surface area contributed by atoms with Crippen molar-refractivity contribution >= 4 is 23.2 Å². The number of anilines is 1. The molecule has 23 heavy (non-hydrogen) atoms. The number of ether oxygens (including phenoxy) is 1. The summed E-state index contributed by atoms with van der Waals surface area (Å²) in [5.41, 5.74) is 2.75. The molecule has 2 aromatic carbocycles. The second-order valence-electron chi connectivity index (χ2n) is 5.90. The first-order chi connectivity index (χ1) is 10.9. The zero-order valence-corrected chi connectivity index (χ0v) is 14.6. The van der Waals surface area contributed by atoms with E-state index in [9.17, 15) is 4.79 Å². The second-order valence-corrected chi connectivity index (χ2v) is 6.34. The summed E-state index contributed by atoms with van der Waals surface area (Å²) in [6.45, 7) is 7.86. The number of amides is 1. The number of aryl methyl sites for hydroxylation is 1. The van der Waals surface area contributed by atoms with Gasteiger partial charge in [0, 0.05) is 10.7 Å². The zero-order valence-electron chi connectivity index (χ0n) is 13.9. The van der Waals surface area contributed by atoms with Gasteiger partial charge in [0.05, 0.1) is 0 Å². The van der Waals surface area contributed by atoms with Crippen LogP contribution in [0.3, 0.4) is 0 Å². The summed E-state index contributed by atoms with van der Waals surface area (Å²) in [4.78, 5) is 12.4. The highest BCUT2D eigenvalue weighted by molar-refractivity contribution is 6.31. The van der Waals surface area contributed by atoms with E-state index in [2.05, 4.69) is 19.2 Å². The largest absolute Gasteiger partial charge is 0.481 e. The minimum Gasteiger partial charge on any atom is -0.481 e. The summed E-state index contributed by atoms with van der Waals surface area (Å²) in [7, 11) is 0. The summed E-state index contributed by atoms with van der Waals surface area (Å²) < 4.78 is 5.87. The molecule has 1 atom stereocenters. The van der Waals surface area contributed by atoms with Gasteiger partial charge in [-0.2, -0.15) is 0 Å². The van der Waals surface area contributed by atoms with Crippen LogP contribution in [0, 0.1) is 6.92 Å². The second kappa shape index (κ2) is 7.51. The van der Waals surface area contributed by atoms with Crippen molar-refractivity contribution in [1.29, 1.82) is 0 Å². The van der Waals surface area contributed by atoms with Gasteiger partial charge in [-0.3, -0.25) is 4.79 Å². The fourth-order valence-electron chi connectivity index (χ4n) is 2.27. The first-order valence-corrected chi connectivity index (χ1v) is 8.09. The molecular weight excluding hydrogens is 310 g/mol. The Bertz CT molecular complexity index is 698. The fraction of sp³-hybridized carbons (Fsp3) is 0.316. The smallest absolute Gasteiger partial charge is 0.265 e. The maximum absolute atomic E-state index is 12.4. The van der Waals surface area contributed by atoms with E-state index in [0.29, 0.717) is 16.6 Å². The van der Waals surface area contributed by atoms with Crippen LogP contribution in [0.4, 0.5) is 5.69 Å². The van der Waals surface area contributed by atoms with Gasteiger partial charge < -0.3 is 10.1 Å². The number of carbonyl (C=O) groups excluding carboxylic acids is 1. The monoisotopic (exact) mass is 331 g/mol. The highest BCUT2D eigenvalue weighted by Crippen LogP contribution is 2.27. The molecule has 0 spiro atoms. The molecular formula is C19H22ClNO2. The molecule has 0 saturated carbocycles. The summed E-state index contributed by atoms with van der Waals surface area (Å²) in [5.74, 6) is 0.874. The molecule has 0 saturated heterocycles. The first-order valence-electron chi connectivity index (χ1n) is 7.71. The van der Waals surface area contributed by atoms with E-state index in [1.54, 1.807) is 19.1 Å². The Labute approximate surface area is 142 Å². The third kappa shape index (κ3) is 4.49. The van der Waals surface area contributed by atoms with Crippen LogP contribution in [0.15, 0.2) is 42.5 Å². The van der Waals surface area contributed by atoms with Crippen molar-refractivity contribution in [2.75, 3.05) is 5.32 Å². The lowest BCUT2D eigenvalue weighted by molar-refractivity contribution is -0.122. The average Bonchev–Trinajstić information content (AvgIpc) is 2.51. The molecule has 3 nitrogen and oxygen atoms in total. The van der Waals surface area contributed by atoms with Crippen LogP contribution >= 0.6 is 11.6 Å². The predicted molar refractivity (Wildman–Crippen MR) is 95.4 cm³/mol. The average molecular weight is 332 g/mol. The molecule has 0 aliphatic rings. The topological polar surface area (TPSA) is 38.3 Å². The van der Waals surface area contributed by atoms with Gasteiger partial charge in [0.2, 0.25) is 0 Å². The minimum atomic E-state index is -0.603. The molecule has 1 N–H and O–H groups in total. The highest BCUT2D eigenvalue weighted by atomic mass is 35.5. The first kappa shape index (κ1) is 17.4. The number of para-hydroxylation sites is 1. The third-order valence-electron chi connectivity index (χ3n) is 3.67. The molecule has 0 bridgehead atoms.